The summed E-state index contributed by atoms with van der Waals surface area (Å²) in [5.41, 5.74) is 2.16. The van der Waals surface area contributed by atoms with Crippen molar-refractivity contribution in [1.29, 1.82) is 0 Å². The van der Waals surface area contributed by atoms with E-state index in [0.29, 0.717) is 11.8 Å². The SMILES string of the molecule is CCC(C)c1ccccc1Oc1ccc(Br)c(C)n1. The van der Waals surface area contributed by atoms with Crippen LogP contribution in [0.3, 0.4) is 0 Å². The van der Waals surface area contributed by atoms with Gasteiger partial charge in [0.1, 0.15) is 5.75 Å². The van der Waals surface area contributed by atoms with Crippen LogP contribution in [0.25, 0.3) is 0 Å². The molecule has 0 N–H and O–H groups in total. The molecule has 0 aliphatic heterocycles. The average Bonchev–Trinajstić information content (AvgIpc) is 2.43. The van der Waals surface area contributed by atoms with E-state index in [-0.39, 0.29) is 0 Å². The molecule has 1 atom stereocenters. The van der Waals surface area contributed by atoms with Crippen LogP contribution in [0.15, 0.2) is 40.9 Å². The zero-order chi connectivity index (χ0) is 13.8. The van der Waals surface area contributed by atoms with Crippen LogP contribution in [0.1, 0.15) is 37.4 Å². The van der Waals surface area contributed by atoms with E-state index in [2.05, 4.69) is 46.9 Å². The Morgan fingerprint density at radius 3 is 2.63 bits per heavy atom. The van der Waals surface area contributed by atoms with E-state index in [1.807, 2.05) is 31.2 Å². The fourth-order valence-corrected chi connectivity index (χ4v) is 2.11. The van der Waals surface area contributed by atoms with Crippen LogP contribution in [0.4, 0.5) is 0 Å². The molecule has 2 nitrogen and oxygen atoms in total. The predicted octanol–water partition coefficient (Wildman–Crippen LogP) is 5.46. The Balaban J connectivity index is 2.30. The summed E-state index contributed by atoms with van der Waals surface area (Å²) >= 11 is 3.45. The second-order valence-electron chi connectivity index (χ2n) is 4.67. The zero-order valence-electron chi connectivity index (χ0n) is 11.5. The van der Waals surface area contributed by atoms with Crippen molar-refractivity contribution in [1.82, 2.24) is 4.98 Å². The van der Waals surface area contributed by atoms with Gasteiger partial charge in [0.15, 0.2) is 0 Å². The van der Waals surface area contributed by atoms with E-state index in [9.17, 15) is 0 Å². The van der Waals surface area contributed by atoms with Crippen LogP contribution in [0.2, 0.25) is 0 Å². The molecule has 1 heterocycles. The Kier molecular flexibility index (Phi) is 4.59. The second kappa shape index (κ2) is 6.20. The van der Waals surface area contributed by atoms with Crippen molar-refractivity contribution in [3.05, 3.63) is 52.1 Å². The maximum atomic E-state index is 5.94. The Labute approximate surface area is 123 Å². The van der Waals surface area contributed by atoms with Crippen LogP contribution < -0.4 is 4.74 Å². The Bertz CT molecular complexity index is 568. The van der Waals surface area contributed by atoms with Gasteiger partial charge in [0.05, 0.1) is 5.69 Å². The number of halogens is 1. The lowest BCUT2D eigenvalue weighted by Crippen LogP contribution is -1.97. The summed E-state index contributed by atoms with van der Waals surface area (Å²) in [6, 6.07) is 12.0. The third-order valence-corrected chi connectivity index (χ3v) is 4.11. The molecule has 0 aliphatic rings. The summed E-state index contributed by atoms with van der Waals surface area (Å²) in [6.45, 7) is 6.35. The molecule has 0 bridgehead atoms. The number of benzene rings is 1. The highest BCUT2D eigenvalue weighted by molar-refractivity contribution is 9.10. The van der Waals surface area contributed by atoms with Gasteiger partial charge in [-0.2, -0.15) is 0 Å². The number of aromatic nitrogens is 1. The van der Waals surface area contributed by atoms with Crippen LogP contribution in [0.5, 0.6) is 11.6 Å². The van der Waals surface area contributed by atoms with Crippen molar-refractivity contribution in [3.63, 3.8) is 0 Å². The van der Waals surface area contributed by atoms with Crippen molar-refractivity contribution in [3.8, 4) is 11.6 Å². The van der Waals surface area contributed by atoms with Crippen molar-refractivity contribution in [2.24, 2.45) is 0 Å². The number of nitrogens with zero attached hydrogens (tertiary/aromatic N) is 1. The number of aryl methyl sites for hydroxylation is 1. The Hall–Kier alpha value is -1.35. The third-order valence-electron chi connectivity index (χ3n) is 3.27. The fraction of sp³-hybridized carbons (Fsp3) is 0.312. The summed E-state index contributed by atoms with van der Waals surface area (Å²) in [5.74, 6) is 2.01. The molecule has 0 saturated heterocycles. The van der Waals surface area contributed by atoms with Gasteiger partial charge in [-0.3, -0.25) is 0 Å². The average molecular weight is 320 g/mol. The van der Waals surface area contributed by atoms with Gasteiger partial charge in [-0.05, 0) is 52.9 Å². The lowest BCUT2D eigenvalue weighted by Gasteiger charge is -2.15. The first-order chi connectivity index (χ1) is 9.11. The third kappa shape index (κ3) is 3.35. The first-order valence-electron chi connectivity index (χ1n) is 6.51. The van der Waals surface area contributed by atoms with Gasteiger partial charge in [-0.15, -0.1) is 0 Å². The standard InChI is InChI=1S/C16H18BrNO/c1-4-11(2)13-7-5-6-8-15(13)19-16-10-9-14(17)12(3)18-16/h5-11H,4H2,1-3H3. The molecule has 3 heteroatoms. The van der Waals surface area contributed by atoms with Crippen molar-refractivity contribution >= 4 is 15.9 Å². The number of ether oxygens (including phenoxy) is 1. The minimum Gasteiger partial charge on any atom is -0.439 e. The monoisotopic (exact) mass is 319 g/mol. The molecule has 1 aromatic heterocycles. The smallest absolute Gasteiger partial charge is 0.219 e. The molecule has 0 saturated carbocycles. The quantitative estimate of drug-likeness (QED) is 0.746. The maximum Gasteiger partial charge on any atom is 0.219 e. The van der Waals surface area contributed by atoms with Gasteiger partial charge in [-0.25, -0.2) is 4.98 Å². The zero-order valence-corrected chi connectivity index (χ0v) is 13.1. The normalized spacial score (nSPS) is 12.2. The number of hydrogen-bond acceptors (Lipinski definition) is 2. The summed E-state index contributed by atoms with van der Waals surface area (Å²) < 4.78 is 6.93. The highest BCUT2D eigenvalue weighted by atomic mass is 79.9. The molecule has 0 radical (unpaired) electrons. The van der Waals surface area contributed by atoms with Crippen molar-refractivity contribution < 1.29 is 4.74 Å². The molecule has 0 fully saturated rings. The predicted molar refractivity (Wildman–Crippen MR) is 81.9 cm³/mol. The van der Waals surface area contributed by atoms with Crippen molar-refractivity contribution in [2.45, 2.75) is 33.1 Å². The number of rotatable bonds is 4. The summed E-state index contributed by atoms with van der Waals surface area (Å²) in [5, 5.41) is 0. The molecule has 0 spiro atoms. The molecule has 2 rings (SSSR count). The van der Waals surface area contributed by atoms with E-state index in [1.165, 1.54) is 5.56 Å². The van der Waals surface area contributed by atoms with Gasteiger partial charge in [0.2, 0.25) is 5.88 Å². The van der Waals surface area contributed by atoms with E-state index < -0.39 is 0 Å². The molecule has 1 aromatic carbocycles. The van der Waals surface area contributed by atoms with E-state index in [0.717, 1.165) is 22.3 Å². The molecule has 19 heavy (non-hydrogen) atoms. The van der Waals surface area contributed by atoms with E-state index >= 15 is 0 Å². The highest BCUT2D eigenvalue weighted by Crippen LogP contribution is 2.31. The molecule has 100 valence electrons. The Morgan fingerprint density at radius 2 is 1.95 bits per heavy atom. The van der Waals surface area contributed by atoms with Gasteiger partial charge in [0.25, 0.3) is 0 Å². The minimum atomic E-state index is 0.479. The first-order valence-corrected chi connectivity index (χ1v) is 7.31. The largest absolute Gasteiger partial charge is 0.439 e. The maximum absolute atomic E-state index is 5.94. The molecule has 1 unspecified atom stereocenters. The van der Waals surface area contributed by atoms with E-state index in [1.54, 1.807) is 0 Å². The first kappa shape index (κ1) is 14.1. The van der Waals surface area contributed by atoms with Crippen LogP contribution in [0, 0.1) is 6.92 Å². The number of para-hydroxylation sites is 1. The molecule has 0 amide bonds. The number of hydrogen-bond donors (Lipinski definition) is 0. The molecular weight excluding hydrogens is 302 g/mol. The molecular formula is C16H18BrNO. The fourth-order valence-electron chi connectivity index (χ4n) is 1.89. The van der Waals surface area contributed by atoms with Gasteiger partial charge in [0, 0.05) is 10.5 Å². The Morgan fingerprint density at radius 1 is 1.21 bits per heavy atom. The lowest BCUT2D eigenvalue weighted by molar-refractivity contribution is 0.450. The van der Waals surface area contributed by atoms with Gasteiger partial charge in [-0.1, -0.05) is 32.0 Å². The highest BCUT2D eigenvalue weighted by Gasteiger charge is 2.11. The van der Waals surface area contributed by atoms with Gasteiger partial charge >= 0.3 is 0 Å². The van der Waals surface area contributed by atoms with Crippen LogP contribution in [-0.4, -0.2) is 4.98 Å². The molecule has 0 aliphatic carbocycles. The van der Waals surface area contributed by atoms with Crippen molar-refractivity contribution in [2.75, 3.05) is 0 Å². The summed E-state index contributed by atoms with van der Waals surface area (Å²) in [6.07, 6.45) is 1.09. The minimum absolute atomic E-state index is 0.479. The summed E-state index contributed by atoms with van der Waals surface area (Å²) in [4.78, 5) is 4.43. The second-order valence-corrected chi connectivity index (χ2v) is 5.52. The lowest BCUT2D eigenvalue weighted by atomic mass is 9.98. The van der Waals surface area contributed by atoms with Gasteiger partial charge < -0.3 is 4.74 Å². The molecule has 2 aromatic rings. The van der Waals surface area contributed by atoms with E-state index in [4.69, 9.17) is 4.74 Å². The number of pyridine rings is 1. The van der Waals surface area contributed by atoms with Crippen LogP contribution >= 0.6 is 15.9 Å². The summed E-state index contributed by atoms with van der Waals surface area (Å²) in [7, 11) is 0. The topological polar surface area (TPSA) is 22.1 Å². The van der Waals surface area contributed by atoms with Crippen LogP contribution in [-0.2, 0) is 0 Å².